The monoisotopic (exact) mass is 489 g/mol. The Hall–Kier alpha value is -4.02. The Bertz CT molecular complexity index is 1590. The Morgan fingerprint density at radius 3 is 2.89 bits per heavy atom. The maximum Gasteiger partial charge on any atom is 0.272 e. The number of carbonyl (C=O) groups is 1. The van der Waals surface area contributed by atoms with Crippen molar-refractivity contribution >= 4 is 34.1 Å². The van der Waals surface area contributed by atoms with Crippen LogP contribution in [0, 0.1) is 0 Å². The minimum atomic E-state index is -0.381. The third kappa shape index (κ3) is 3.67. The number of aliphatic hydroxyl groups excluding tert-OH is 1. The Balaban J connectivity index is 1.53. The summed E-state index contributed by atoms with van der Waals surface area (Å²) < 4.78 is 8.85. The van der Waals surface area contributed by atoms with Crippen LogP contribution in [-0.4, -0.2) is 59.6 Å². The van der Waals surface area contributed by atoms with Crippen molar-refractivity contribution in [3.63, 3.8) is 0 Å². The van der Waals surface area contributed by atoms with Crippen molar-refractivity contribution < 1.29 is 14.6 Å². The highest BCUT2D eigenvalue weighted by atomic mass is 35.5. The SMILES string of the molecule is COc1ccc(Cl)cc1-n1nc(C(=O)NC2CC(O)C2)c2cnc(-c3cnn4cccnc34)cc21. The number of hydrogen-bond donors (Lipinski definition) is 2. The van der Waals surface area contributed by atoms with Crippen molar-refractivity contribution in [2.75, 3.05) is 7.11 Å². The van der Waals surface area contributed by atoms with Gasteiger partial charge in [0.05, 0.1) is 41.6 Å². The van der Waals surface area contributed by atoms with Crippen molar-refractivity contribution in [2.45, 2.75) is 25.0 Å². The van der Waals surface area contributed by atoms with E-state index in [-0.39, 0.29) is 23.7 Å². The summed E-state index contributed by atoms with van der Waals surface area (Å²) in [5, 5.41) is 22.6. The topological polar surface area (TPSA) is 119 Å². The number of nitrogens with one attached hydrogen (secondary N) is 1. The fraction of sp³-hybridized carbons (Fsp3) is 0.208. The Labute approximate surface area is 204 Å². The molecule has 0 atom stereocenters. The number of ether oxygens (including phenoxy) is 1. The minimum absolute atomic E-state index is 0.0875. The first-order chi connectivity index (χ1) is 17.0. The highest BCUT2D eigenvalue weighted by Gasteiger charge is 2.30. The van der Waals surface area contributed by atoms with Crippen molar-refractivity contribution in [1.29, 1.82) is 0 Å². The highest BCUT2D eigenvalue weighted by Crippen LogP contribution is 2.32. The predicted molar refractivity (Wildman–Crippen MR) is 129 cm³/mol. The smallest absolute Gasteiger partial charge is 0.272 e. The standard InChI is InChI=1S/C24H20ClN7O3/c1-35-21-4-3-13(25)7-20(21)32-19-10-18(16-12-28-31-6-2-5-26-23(16)31)27-11-17(19)22(30-32)24(34)29-14-8-15(33)9-14/h2-7,10-12,14-15,33H,8-9H2,1H3,(H,29,34). The van der Waals surface area contributed by atoms with Crippen molar-refractivity contribution in [1.82, 2.24) is 34.7 Å². The Morgan fingerprint density at radius 2 is 2.09 bits per heavy atom. The molecule has 0 unspecified atom stereocenters. The van der Waals surface area contributed by atoms with E-state index in [2.05, 4.69) is 25.5 Å². The first-order valence-electron chi connectivity index (χ1n) is 11.0. The van der Waals surface area contributed by atoms with Gasteiger partial charge in [0.2, 0.25) is 0 Å². The minimum Gasteiger partial charge on any atom is -0.494 e. The van der Waals surface area contributed by atoms with Crippen LogP contribution in [0.2, 0.25) is 5.02 Å². The van der Waals surface area contributed by atoms with Crippen LogP contribution in [0.1, 0.15) is 23.3 Å². The van der Waals surface area contributed by atoms with Gasteiger partial charge in [-0.1, -0.05) is 11.6 Å². The molecule has 35 heavy (non-hydrogen) atoms. The average Bonchev–Trinajstić information content (AvgIpc) is 3.44. The summed E-state index contributed by atoms with van der Waals surface area (Å²) in [6.45, 7) is 0. The number of aliphatic hydroxyl groups is 1. The summed E-state index contributed by atoms with van der Waals surface area (Å²) in [4.78, 5) is 22.2. The van der Waals surface area contributed by atoms with Crippen LogP contribution in [0.3, 0.4) is 0 Å². The van der Waals surface area contributed by atoms with Gasteiger partial charge in [-0.2, -0.15) is 10.2 Å². The van der Waals surface area contributed by atoms with Gasteiger partial charge in [-0.05, 0) is 43.2 Å². The van der Waals surface area contributed by atoms with E-state index in [9.17, 15) is 9.90 Å². The van der Waals surface area contributed by atoms with Crippen molar-refractivity contribution in [3.8, 4) is 22.7 Å². The maximum absolute atomic E-state index is 13.1. The lowest BCUT2D eigenvalue weighted by Gasteiger charge is -2.31. The van der Waals surface area contributed by atoms with Crippen LogP contribution in [0.15, 0.2) is 55.1 Å². The van der Waals surface area contributed by atoms with E-state index in [1.807, 2.05) is 12.3 Å². The summed E-state index contributed by atoms with van der Waals surface area (Å²) >= 11 is 6.30. The Kier molecular flexibility index (Phi) is 5.12. The largest absolute Gasteiger partial charge is 0.494 e. The van der Waals surface area contributed by atoms with E-state index < -0.39 is 0 Å². The van der Waals surface area contributed by atoms with E-state index in [0.29, 0.717) is 51.5 Å². The molecule has 4 aromatic heterocycles. The van der Waals surface area contributed by atoms with Crippen LogP contribution < -0.4 is 10.1 Å². The van der Waals surface area contributed by atoms with Gasteiger partial charge in [-0.3, -0.25) is 9.78 Å². The number of fused-ring (bicyclic) bond motifs is 2. The fourth-order valence-corrected chi connectivity index (χ4v) is 4.47. The molecule has 176 valence electrons. The second-order valence-electron chi connectivity index (χ2n) is 8.40. The number of nitrogens with zero attached hydrogens (tertiary/aromatic N) is 6. The molecular weight excluding hydrogens is 470 g/mol. The number of amides is 1. The van der Waals surface area contributed by atoms with Gasteiger partial charge in [0.25, 0.3) is 5.91 Å². The predicted octanol–water partition coefficient (Wildman–Crippen LogP) is 3.05. The molecule has 1 aromatic carbocycles. The third-order valence-corrected chi connectivity index (χ3v) is 6.39. The number of rotatable bonds is 5. The van der Waals surface area contributed by atoms with Gasteiger partial charge in [-0.25, -0.2) is 14.2 Å². The van der Waals surface area contributed by atoms with Gasteiger partial charge >= 0.3 is 0 Å². The lowest BCUT2D eigenvalue weighted by molar-refractivity contribution is 0.0561. The quantitative estimate of drug-likeness (QED) is 0.389. The van der Waals surface area contributed by atoms with E-state index in [0.717, 1.165) is 5.56 Å². The van der Waals surface area contributed by atoms with Crippen molar-refractivity contribution in [2.24, 2.45) is 0 Å². The molecule has 0 saturated heterocycles. The second kappa shape index (κ2) is 8.33. The molecule has 4 heterocycles. The molecule has 11 heteroatoms. The van der Waals surface area contributed by atoms with E-state index >= 15 is 0 Å². The summed E-state index contributed by atoms with van der Waals surface area (Å²) in [5.74, 6) is 0.211. The Morgan fingerprint density at radius 1 is 1.23 bits per heavy atom. The summed E-state index contributed by atoms with van der Waals surface area (Å²) in [6.07, 6.45) is 7.50. The molecule has 5 aromatic rings. The van der Waals surface area contributed by atoms with Gasteiger partial charge < -0.3 is 15.2 Å². The molecule has 10 nitrogen and oxygen atoms in total. The first-order valence-corrected chi connectivity index (χ1v) is 11.4. The number of aromatic nitrogens is 6. The molecule has 2 N–H and O–H groups in total. The van der Waals surface area contributed by atoms with Gasteiger partial charge in [0, 0.05) is 29.7 Å². The molecule has 1 fully saturated rings. The van der Waals surface area contributed by atoms with Gasteiger partial charge in [-0.15, -0.1) is 0 Å². The third-order valence-electron chi connectivity index (χ3n) is 6.15. The molecule has 0 spiro atoms. The zero-order valence-corrected chi connectivity index (χ0v) is 19.3. The molecule has 0 aliphatic heterocycles. The molecule has 1 amide bonds. The van der Waals surface area contributed by atoms with Crippen LogP contribution >= 0.6 is 11.6 Å². The first kappa shape index (κ1) is 21.5. The molecule has 1 saturated carbocycles. The lowest BCUT2D eigenvalue weighted by atomic mass is 9.89. The molecular formula is C24H20ClN7O3. The molecule has 1 aliphatic rings. The van der Waals surface area contributed by atoms with Gasteiger partial charge in [0.15, 0.2) is 11.3 Å². The fourth-order valence-electron chi connectivity index (χ4n) is 4.30. The normalized spacial score (nSPS) is 17.5. The number of benzene rings is 1. The number of hydrogen-bond acceptors (Lipinski definition) is 7. The molecule has 1 aliphatic carbocycles. The average molecular weight is 490 g/mol. The lowest BCUT2D eigenvalue weighted by Crippen LogP contribution is -2.46. The summed E-state index contributed by atoms with van der Waals surface area (Å²) in [7, 11) is 1.56. The summed E-state index contributed by atoms with van der Waals surface area (Å²) in [6, 6.07) is 8.76. The number of methoxy groups -OCH3 is 1. The zero-order valence-electron chi connectivity index (χ0n) is 18.6. The zero-order chi connectivity index (χ0) is 24.1. The molecule has 6 rings (SSSR count). The number of pyridine rings is 1. The van der Waals surface area contributed by atoms with Crippen LogP contribution in [0.5, 0.6) is 5.75 Å². The highest BCUT2D eigenvalue weighted by molar-refractivity contribution is 6.30. The molecule has 0 bridgehead atoms. The summed E-state index contributed by atoms with van der Waals surface area (Å²) in [5.41, 5.74) is 3.48. The van der Waals surface area contributed by atoms with Crippen LogP contribution in [-0.2, 0) is 0 Å². The van der Waals surface area contributed by atoms with E-state index in [1.54, 1.807) is 59.2 Å². The van der Waals surface area contributed by atoms with Crippen LogP contribution in [0.4, 0.5) is 0 Å². The second-order valence-corrected chi connectivity index (χ2v) is 8.84. The maximum atomic E-state index is 13.1. The molecule has 0 radical (unpaired) electrons. The van der Waals surface area contributed by atoms with Crippen LogP contribution in [0.25, 0.3) is 33.5 Å². The van der Waals surface area contributed by atoms with E-state index in [4.69, 9.17) is 16.3 Å². The van der Waals surface area contributed by atoms with Crippen molar-refractivity contribution in [3.05, 3.63) is 65.8 Å². The van der Waals surface area contributed by atoms with Gasteiger partial charge in [0.1, 0.15) is 11.4 Å². The van der Waals surface area contributed by atoms with E-state index in [1.165, 1.54) is 0 Å². The number of halogens is 1. The number of carbonyl (C=O) groups excluding carboxylic acids is 1.